The predicted molar refractivity (Wildman–Crippen MR) is 128 cm³/mol. The summed E-state index contributed by atoms with van der Waals surface area (Å²) in [6.45, 7) is 6.98. The van der Waals surface area contributed by atoms with Gasteiger partial charge in [0.15, 0.2) is 5.96 Å². The number of guanidine groups is 1. The molecule has 0 aliphatic heterocycles. The standard InChI is InChI=1S/C21H39N7O7/c1-5-11(4)16(19(33)26-12(20(34)35)7-6-8-25-21(23)24)28-17(31)13(9-14(29)30)27-18(32)15(22)10(2)3/h10-13,15-16H,5-9,22H2,1-4H3,(H,26,33)(H,27,32)(H,28,31)(H,29,30)(H,34,35)(H4,23,24,25). The number of hydrogen-bond acceptors (Lipinski definition) is 7. The highest BCUT2D eigenvalue weighted by atomic mass is 16.4. The Labute approximate surface area is 204 Å². The van der Waals surface area contributed by atoms with E-state index in [0.717, 1.165) is 0 Å². The van der Waals surface area contributed by atoms with Crippen molar-refractivity contribution in [3.05, 3.63) is 0 Å². The summed E-state index contributed by atoms with van der Waals surface area (Å²) in [7, 11) is 0. The van der Waals surface area contributed by atoms with E-state index in [9.17, 15) is 34.2 Å². The second kappa shape index (κ2) is 15.5. The first-order valence-electron chi connectivity index (χ1n) is 11.4. The molecule has 11 N–H and O–H groups in total. The summed E-state index contributed by atoms with van der Waals surface area (Å²) in [4.78, 5) is 64.7. The maximum Gasteiger partial charge on any atom is 0.326 e. The summed E-state index contributed by atoms with van der Waals surface area (Å²) < 4.78 is 0. The van der Waals surface area contributed by atoms with Crippen LogP contribution in [-0.2, 0) is 24.0 Å². The van der Waals surface area contributed by atoms with Gasteiger partial charge >= 0.3 is 11.9 Å². The van der Waals surface area contributed by atoms with Crippen molar-refractivity contribution in [1.82, 2.24) is 16.0 Å². The summed E-state index contributed by atoms with van der Waals surface area (Å²) in [6.07, 6.45) is 0.0106. The fourth-order valence-electron chi connectivity index (χ4n) is 2.93. The molecule has 14 heteroatoms. The average molecular weight is 502 g/mol. The van der Waals surface area contributed by atoms with Gasteiger partial charge in [0.25, 0.3) is 0 Å². The maximum atomic E-state index is 12.9. The van der Waals surface area contributed by atoms with E-state index in [-0.39, 0.29) is 31.3 Å². The fraction of sp³-hybridized carbons (Fsp3) is 0.714. The summed E-state index contributed by atoms with van der Waals surface area (Å²) in [6, 6.07) is -4.90. The molecule has 0 heterocycles. The van der Waals surface area contributed by atoms with Crippen LogP contribution < -0.4 is 33.2 Å². The number of carbonyl (C=O) groups is 5. The zero-order valence-corrected chi connectivity index (χ0v) is 20.6. The molecule has 0 radical (unpaired) electrons. The summed E-state index contributed by atoms with van der Waals surface area (Å²) >= 11 is 0. The van der Waals surface area contributed by atoms with Crippen molar-refractivity contribution in [3.63, 3.8) is 0 Å². The van der Waals surface area contributed by atoms with Crippen LogP contribution in [0.25, 0.3) is 0 Å². The molecular formula is C21H39N7O7. The Hall–Kier alpha value is -3.42. The van der Waals surface area contributed by atoms with Crippen molar-refractivity contribution >= 4 is 35.6 Å². The number of aliphatic imine (C=N–C) groups is 1. The van der Waals surface area contributed by atoms with Crippen molar-refractivity contribution in [2.24, 2.45) is 34.0 Å². The topological polar surface area (TPSA) is 252 Å². The number of rotatable bonds is 16. The zero-order valence-electron chi connectivity index (χ0n) is 20.6. The third-order valence-corrected chi connectivity index (χ3v) is 5.39. The van der Waals surface area contributed by atoms with Crippen LogP contribution in [0.5, 0.6) is 0 Å². The summed E-state index contributed by atoms with van der Waals surface area (Å²) in [5.41, 5.74) is 16.2. The minimum absolute atomic E-state index is 0.0316. The molecular weight excluding hydrogens is 462 g/mol. The number of aliphatic carboxylic acids is 2. The van der Waals surface area contributed by atoms with E-state index in [1.54, 1.807) is 27.7 Å². The Morgan fingerprint density at radius 1 is 0.886 bits per heavy atom. The van der Waals surface area contributed by atoms with Crippen molar-refractivity contribution < 1.29 is 34.2 Å². The van der Waals surface area contributed by atoms with Crippen LogP contribution in [0.4, 0.5) is 0 Å². The molecule has 0 aromatic rings. The zero-order chi connectivity index (χ0) is 27.3. The smallest absolute Gasteiger partial charge is 0.326 e. The van der Waals surface area contributed by atoms with Gasteiger partial charge in [-0.25, -0.2) is 4.79 Å². The second-order valence-corrected chi connectivity index (χ2v) is 8.65. The van der Waals surface area contributed by atoms with Crippen LogP contribution >= 0.6 is 0 Å². The molecule has 5 atom stereocenters. The number of carboxylic acid groups (broad SMARTS) is 2. The maximum absolute atomic E-state index is 12.9. The third kappa shape index (κ3) is 12.0. The molecule has 0 aliphatic rings. The van der Waals surface area contributed by atoms with Crippen molar-refractivity contribution in [2.75, 3.05) is 6.54 Å². The normalized spacial score (nSPS) is 15.1. The number of nitrogens with two attached hydrogens (primary N) is 3. The molecule has 0 aliphatic carbocycles. The van der Waals surface area contributed by atoms with Gasteiger partial charge in [0.1, 0.15) is 18.1 Å². The monoisotopic (exact) mass is 501 g/mol. The fourth-order valence-corrected chi connectivity index (χ4v) is 2.93. The Bertz CT molecular complexity index is 784. The van der Waals surface area contributed by atoms with Gasteiger partial charge in [-0.3, -0.25) is 24.2 Å². The predicted octanol–water partition coefficient (Wildman–Crippen LogP) is -1.92. The van der Waals surface area contributed by atoms with Gasteiger partial charge in [-0.05, 0) is 24.7 Å². The third-order valence-electron chi connectivity index (χ3n) is 5.39. The molecule has 200 valence electrons. The molecule has 0 aromatic heterocycles. The van der Waals surface area contributed by atoms with Crippen molar-refractivity contribution in [3.8, 4) is 0 Å². The molecule has 0 fully saturated rings. The van der Waals surface area contributed by atoms with Crippen LogP contribution in [0, 0.1) is 11.8 Å². The van der Waals surface area contributed by atoms with E-state index in [4.69, 9.17) is 17.2 Å². The second-order valence-electron chi connectivity index (χ2n) is 8.65. The SMILES string of the molecule is CCC(C)C(NC(=O)C(CC(=O)O)NC(=O)C(N)C(C)C)C(=O)NC(CCCN=C(N)N)C(=O)O. The average Bonchev–Trinajstić information content (AvgIpc) is 2.76. The lowest BCUT2D eigenvalue weighted by Gasteiger charge is -2.28. The Morgan fingerprint density at radius 3 is 1.91 bits per heavy atom. The van der Waals surface area contributed by atoms with Crippen molar-refractivity contribution in [2.45, 2.75) is 77.5 Å². The highest BCUT2D eigenvalue weighted by Crippen LogP contribution is 2.11. The molecule has 0 saturated heterocycles. The van der Waals surface area contributed by atoms with E-state index in [2.05, 4.69) is 20.9 Å². The minimum Gasteiger partial charge on any atom is -0.481 e. The number of amides is 3. The first-order valence-corrected chi connectivity index (χ1v) is 11.4. The van der Waals surface area contributed by atoms with E-state index in [0.29, 0.717) is 6.42 Å². The lowest BCUT2D eigenvalue weighted by molar-refractivity contribution is -0.143. The van der Waals surface area contributed by atoms with Gasteiger partial charge < -0.3 is 43.4 Å². The number of carbonyl (C=O) groups excluding carboxylic acids is 3. The molecule has 3 amide bonds. The van der Waals surface area contributed by atoms with Gasteiger partial charge in [0.05, 0.1) is 12.5 Å². The van der Waals surface area contributed by atoms with E-state index in [1.807, 2.05) is 0 Å². The number of carboxylic acids is 2. The molecule has 0 spiro atoms. The highest BCUT2D eigenvalue weighted by molar-refractivity contribution is 5.95. The van der Waals surface area contributed by atoms with Gasteiger partial charge in [-0.1, -0.05) is 34.1 Å². The van der Waals surface area contributed by atoms with Gasteiger partial charge in [0, 0.05) is 6.54 Å². The Balaban J connectivity index is 5.54. The Kier molecular flexibility index (Phi) is 14.0. The lowest BCUT2D eigenvalue weighted by Crippen LogP contribution is -2.59. The highest BCUT2D eigenvalue weighted by Gasteiger charge is 2.33. The van der Waals surface area contributed by atoms with E-state index < -0.39 is 66.2 Å². The molecule has 0 rings (SSSR count). The number of nitrogens with zero attached hydrogens (tertiary/aromatic N) is 1. The molecule has 0 saturated carbocycles. The molecule has 14 nitrogen and oxygen atoms in total. The van der Waals surface area contributed by atoms with Crippen LogP contribution in [-0.4, -0.2) is 76.5 Å². The Morgan fingerprint density at radius 2 is 1.46 bits per heavy atom. The van der Waals surface area contributed by atoms with Crippen LogP contribution in [0.1, 0.15) is 53.4 Å². The van der Waals surface area contributed by atoms with Crippen molar-refractivity contribution in [1.29, 1.82) is 0 Å². The lowest BCUT2D eigenvalue weighted by atomic mass is 9.97. The largest absolute Gasteiger partial charge is 0.481 e. The van der Waals surface area contributed by atoms with Gasteiger partial charge in [-0.2, -0.15) is 0 Å². The molecule has 35 heavy (non-hydrogen) atoms. The summed E-state index contributed by atoms with van der Waals surface area (Å²) in [5, 5.41) is 25.8. The minimum atomic E-state index is -1.49. The number of nitrogens with one attached hydrogen (secondary N) is 3. The van der Waals surface area contributed by atoms with E-state index in [1.165, 1.54) is 0 Å². The summed E-state index contributed by atoms with van der Waals surface area (Å²) in [5.74, 6) is -5.85. The van der Waals surface area contributed by atoms with E-state index >= 15 is 0 Å². The first kappa shape index (κ1) is 31.6. The number of hydrogen-bond donors (Lipinski definition) is 8. The van der Waals surface area contributed by atoms with Gasteiger partial charge in [-0.15, -0.1) is 0 Å². The van der Waals surface area contributed by atoms with Crippen LogP contribution in [0.3, 0.4) is 0 Å². The van der Waals surface area contributed by atoms with Crippen LogP contribution in [0.2, 0.25) is 0 Å². The molecule has 0 aromatic carbocycles. The van der Waals surface area contributed by atoms with Crippen LogP contribution in [0.15, 0.2) is 4.99 Å². The molecule has 5 unspecified atom stereocenters. The first-order chi connectivity index (χ1) is 16.2. The quantitative estimate of drug-likeness (QED) is 0.0661. The van der Waals surface area contributed by atoms with Gasteiger partial charge in [0.2, 0.25) is 17.7 Å². The molecule has 0 bridgehead atoms.